The van der Waals surface area contributed by atoms with Crippen LogP contribution in [0, 0.1) is 0 Å². The van der Waals surface area contributed by atoms with Crippen molar-refractivity contribution >= 4 is 10.8 Å². The van der Waals surface area contributed by atoms with Crippen LogP contribution in [0.25, 0.3) is 10.8 Å². The van der Waals surface area contributed by atoms with E-state index in [1.54, 1.807) is 19.2 Å². The van der Waals surface area contributed by atoms with Crippen molar-refractivity contribution in [2.75, 3.05) is 0 Å². The summed E-state index contributed by atoms with van der Waals surface area (Å²) in [5.41, 5.74) is 0.635. The first kappa shape index (κ1) is 12.6. The molecule has 1 N–H and O–H groups in total. The number of aliphatic hydroxyl groups is 1. The van der Waals surface area contributed by atoms with Gasteiger partial charge in [0.25, 0.3) is 0 Å². The zero-order valence-corrected chi connectivity index (χ0v) is 11.2. The average molecular weight is 265 g/mol. The van der Waals surface area contributed by atoms with Crippen LogP contribution in [0.3, 0.4) is 0 Å². The lowest BCUT2D eigenvalue weighted by atomic mass is 10.1. The molecule has 0 saturated heterocycles. The van der Waals surface area contributed by atoms with Gasteiger partial charge >= 0.3 is 0 Å². The molecular formula is C17H15NO2. The van der Waals surface area contributed by atoms with Crippen LogP contribution >= 0.6 is 0 Å². The molecule has 0 aliphatic carbocycles. The summed E-state index contributed by atoms with van der Waals surface area (Å²) in [5.74, 6) is 1.46. The lowest BCUT2D eigenvalue weighted by Crippen LogP contribution is -1.95. The first-order valence-corrected chi connectivity index (χ1v) is 6.54. The summed E-state index contributed by atoms with van der Waals surface area (Å²) >= 11 is 0. The van der Waals surface area contributed by atoms with E-state index in [2.05, 4.69) is 17.1 Å². The Hall–Kier alpha value is -2.39. The molecule has 1 aromatic heterocycles. The SMILES string of the molecule is CC(O)c1ccc(Oc2cccc3ccccc23)cn1. The van der Waals surface area contributed by atoms with Gasteiger partial charge in [0.15, 0.2) is 0 Å². The molecule has 0 spiro atoms. The molecule has 3 aromatic rings. The molecule has 0 amide bonds. The van der Waals surface area contributed by atoms with Gasteiger partial charge in [0.05, 0.1) is 18.0 Å². The quantitative estimate of drug-likeness (QED) is 0.775. The number of hydrogen-bond acceptors (Lipinski definition) is 3. The van der Waals surface area contributed by atoms with Gasteiger partial charge in [0.1, 0.15) is 11.5 Å². The minimum Gasteiger partial charge on any atom is -0.455 e. The molecule has 0 radical (unpaired) electrons. The minimum atomic E-state index is -0.568. The van der Waals surface area contributed by atoms with Crippen molar-refractivity contribution in [3.8, 4) is 11.5 Å². The maximum atomic E-state index is 9.44. The Morgan fingerprint density at radius 2 is 1.80 bits per heavy atom. The van der Waals surface area contributed by atoms with E-state index < -0.39 is 6.10 Å². The fraction of sp³-hybridized carbons (Fsp3) is 0.118. The molecule has 0 saturated carbocycles. The van der Waals surface area contributed by atoms with Crippen LogP contribution in [0.15, 0.2) is 60.8 Å². The van der Waals surface area contributed by atoms with Gasteiger partial charge < -0.3 is 9.84 Å². The summed E-state index contributed by atoms with van der Waals surface area (Å²) in [6.07, 6.45) is 1.06. The van der Waals surface area contributed by atoms with Crippen molar-refractivity contribution in [3.63, 3.8) is 0 Å². The smallest absolute Gasteiger partial charge is 0.145 e. The highest BCUT2D eigenvalue weighted by Gasteiger charge is 2.05. The second-order valence-corrected chi connectivity index (χ2v) is 4.67. The maximum absolute atomic E-state index is 9.44. The van der Waals surface area contributed by atoms with Gasteiger partial charge in [-0.2, -0.15) is 0 Å². The van der Waals surface area contributed by atoms with Gasteiger partial charge in [0, 0.05) is 5.39 Å². The Kier molecular flexibility index (Phi) is 3.35. The van der Waals surface area contributed by atoms with E-state index in [1.165, 1.54) is 0 Å². The number of benzene rings is 2. The third-order valence-corrected chi connectivity index (χ3v) is 3.16. The van der Waals surface area contributed by atoms with Crippen LogP contribution in [-0.4, -0.2) is 10.1 Å². The molecule has 2 aromatic carbocycles. The largest absolute Gasteiger partial charge is 0.455 e. The van der Waals surface area contributed by atoms with Crippen molar-refractivity contribution in [2.45, 2.75) is 13.0 Å². The summed E-state index contributed by atoms with van der Waals surface area (Å²) in [6.45, 7) is 1.69. The van der Waals surface area contributed by atoms with Crippen LogP contribution < -0.4 is 4.74 Å². The van der Waals surface area contributed by atoms with Gasteiger partial charge in [-0.15, -0.1) is 0 Å². The number of aromatic nitrogens is 1. The summed E-state index contributed by atoms with van der Waals surface area (Å²) in [4.78, 5) is 4.18. The Morgan fingerprint density at radius 3 is 2.55 bits per heavy atom. The lowest BCUT2D eigenvalue weighted by molar-refractivity contribution is 0.194. The van der Waals surface area contributed by atoms with E-state index in [9.17, 15) is 5.11 Å². The molecule has 0 fully saturated rings. The zero-order chi connectivity index (χ0) is 13.9. The summed E-state index contributed by atoms with van der Waals surface area (Å²) < 4.78 is 5.88. The van der Waals surface area contributed by atoms with Gasteiger partial charge in [-0.05, 0) is 30.5 Å². The molecule has 0 aliphatic heterocycles. The number of ether oxygens (including phenoxy) is 1. The van der Waals surface area contributed by atoms with E-state index in [0.29, 0.717) is 11.4 Å². The predicted octanol–water partition coefficient (Wildman–Crippen LogP) is 4.08. The molecule has 100 valence electrons. The third kappa shape index (κ3) is 2.49. The average Bonchev–Trinajstić information content (AvgIpc) is 2.48. The number of pyridine rings is 1. The van der Waals surface area contributed by atoms with Crippen molar-refractivity contribution in [1.82, 2.24) is 4.98 Å². The van der Waals surface area contributed by atoms with Crippen LogP contribution in [0.5, 0.6) is 11.5 Å². The highest BCUT2D eigenvalue weighted by Crippen LogP contribution is 2.29. The molecule has 3 rings (SSSR count). The van der Waals surface area contributed by atoms with Crippen LogP contribution in [-0.2, 0) is 0 Å². The fourth-order valence-electron chi connectivity index (χ4n) is 2.11. The fourth-order valence-corrected chi connectivity index (χ4v) is 2.11. The molecule has 0 bridgehead atoms. The second-order valence-electron chi connectivity index (χ2n) is 4.67. The first-order valence-electron chi connectivity index (χ1n) is 6.54. The van der Waals surface area contributed by atoms with E-state index >= 15 is 0 Å². The molecule has 1 atom stereocenters. The maximum Gasteiger partial charge on any atom is 0.145 e. The second kappa shape index (κ2) is 5.31. The highest BCUT2D eigenvalue weighted by molar-refractivity contribution is 5.88. The molecular weight excluding hydrogens is 250 g/mol. The van der Waals surface area contributed by atoms with Crippen LogP contribution in [0.4, 0.5) is 0 Å². The Morgan fingerprint density at radius 1 is 1.00 bits per heavy atom. The Bertz CT molecular complexity index is 715. The first-order chi connectivity index (χ1) is 9.74. The van der Waals surface area contributed by atoms with E-state index in [-0.39, 0.29) is 0 Å². The predicted molar refractivity (Wildman–Crippen MR) is 78.9 cm³/mol. The number of nitrogens with zero attached hydrogens (tertiary/aromatic N) is 1. The summed E-state index contributed by atoms with van der Waals surface area (Å²) in [7, 11) is 0. The van der Waals surface area contributed by atoms with E-state index in [0.717, 1.165) is 16.5 Å². The topological polar surface area (TPSA) is 42.4 Å². The van der Waals surface area contributed by atoms with Gasteiger partial charge in [-0.25, -0.2) is 0 Å². The molecule has 20 heavy (non-hydrogen) atoms. The third-order valence-electron chi connectivity index (χ3n) is 3.16. The monoisotopic (exact) mass is 265 g/mol. The van der Waals surface area contributed by atoms with E-state index in [1.807, 2.05) is 36.4 Å². The standard InChI is InChI=1S/C17H15NO2/c1-12(19)16-10-9-14(11-18-16)20-17-8-4-6-13-5-2-3-7-15(13)17/h2-12,19H,1H3. The summed E-state index contributed by atoms with van der Waals surface area (Å²) in [6, 6.07) is 17.6. The highest BCUT2D eigenvalue weighted by atomic mass is 16.5. The molecule has 1 heterocycles. The number of fused-ring (bicyclic) bond motifs is 1. The van der Waals surface area contributed by atoms with Crippen molar-refractivity contribution < 1.29 is 9.84 Å². The molecule has 1 unspecified atom stereocenters. The van der Waals surface area contributed by atoms with Gasteiger partial charge in [-0.1, -0.05) is 36.4 Å². The van der Waals surface area contributed by atoms with Crippen molar-refractivity contribution in [3.05, 3.63) is 66.5 Å². The van der Waals surface area contributed by atoms with Crippen LogP contribution in [0.1, 0.15) is 18.7 Å². The molecule has 3 heteroatoms. The van der Waals surface area contributed by atoms with E-state index in [4.69, 9.17) is 4.74 Å². The van der Waals surface area contributed by atoms with Gasteiger partial charge in [0.2, 0.25) is 0 Å². The Balaban J connectivity index is 1.93. The number of rotatable bonds is 3. The Labute approximate surface area is 117 Å². The molecule has 3 nitrogen and oxygen atoms in total. The number of hydrogen-bond donors (Lipinski definition) is 1. The normalized spacial score (nSPS) is 12.3. The van der Waals surface area contributed by atoms with Crippen LogP contribution in [0.2, 0.25) is 0 Å². The zero-order valence-electron chi connectivity index (χ0n) is 11.2. The molecule has 0 aliphatic rings. The van der Waals surface area contributed by atoms with Crippen molar-refractivity contribution in [2.24, 2.45) is 0 Å². The minimum absolute atomic E-state index is 0.568. The number of aliphatic hydroxyl groups excluding tert-OH is 1. The van der Waals surface area contributed by atoms with Gasteiger partial charge in [-0.3, -0.25) is 4.98 Å². The summed E-state index contributed by atoms with van der Waals surface area (Å²) in [5, 5.41) is 11.6. The van der Waals surface area contributed by atoms with Crippen molar-refractivity contribution in [1.29, 1.82) is 0 Å². The lowest BCUT2D eigenvalue weighted by Gasteiger charge is -2.09.